The van der Waals surface area contributed by atoms with Gasteiger partial charge in [-0.25, -0.2) is 4.39 Å². The summed E-state index contributed by atoms with van der Waals surface area (Å²) in [7, 11) is 0. The highest BCUT2D eigenvalue weighted by Crippen LogP contribution is 2.33. The normalized spacial score (nSPS) is 15.8. The number of hydrogen-bond acceptors (Lipinski definition) is 4. The zero-order chi connectivity index (χ0) is 20.7. The highest BCUT2D eigenvalue weighted by atomic mass is 35.5. The van der Waals surface area contributed by atoms with Crippen LogP contribution in [0.1, 0.15) is 33.6 Å². The first-order valence-electron chi connectivity index (χ1n) is 9.05. The van der Waals surface area contributed by atoms with E-state index in [4.69, 9.17) is 23.2 Å². The zero-order valence-corrected chi connectivity index (χ0v) is 16.7. The van der Waals surface area contributed by atoms with Gasteiger partial charge in [0, 0.05) is 13.1 Å². The molecule has 0 spiro atoms. The van der Waals surface area contributed by atoms with E-state index < -0.39 is 30.1 Å². The van der Waals surface area contributed by atoms with E-state index in [2.05, 4.69) is 5.32 Å². The van der Waals surface area contributed by atoms with E-state index in [9.17, 15) is 18.8 Å². The molecule has 6 nitrogen and oxygen atoms in total. The van der Waals surface area contributed by atoms with Crippen molar-refractivity contribution in [3.05, 3.63) is 57.3 Å². The molecule has 150 valence electrons. The van der Waals surface area contributed by atoms with Gasteiger partial charge in [0.25, 0.3) is 11.8 Å². The van der Waals surface area contributed by atoms with Crippen molar-refractivity contribution in [1.29, 1.82) is 0 Å². The summed E-state index contributed by atoms with van der Waals surface area (Å²) in [6, 6.07) is 7.17. The van der Waals surface area contributed by atoms with Crippen molar-refractivity contribution >= 4 is 52.3 Å². The number of para-hydroxylation sites is 1. The van der Waals surface area contributed by atoms with E-state index in [1.165, 1.54) is 18.2 Å². The second-order valence-electron chi connectivity index (χ2n) is 6.88. The van der Waals surface area contributed by atoms with Crippen LogP contribution in [0.2, 0.25) is 10.0 Å². The molecular weight excluding hydrogens is 420 g/mol. The quantitative estimate of drug-likeness (QED) is 0.737. The Hall–Kier alpha value is -2.64. The number of nitrogens with one attached hydrogen (secondary N) is 1. The second kappa shape index (κ2) is 7.65. The molecule has 0 aromatic heterocycles. The summed E-state index contributed by atoms with van der Waals surface area (Å²) < 4.78 is 14.4. The molecule has 1 fully saturated rings. The Balaban J connectivity index is 1.54. The van der Waals surface area contributed by atoms with Crippen LogP contribution in [0.25, 0.3) is 0 Å². The number of halogens is 3. The van der Waals surface area contributed by atoms with Gasteiger partial charge in [0.2, 0.25) is 5.91 Å². The van der Waals surface area contributed by atoms with Crippen LogP contribution in [0.3, 0.4) is 0 Å². The largest absolute Gasteiger partial charge is 0.370 e. The van der Waals surface area contributed by atoms with E-state index in [1.54, 1.807) is 12.1 Å². The smallest absolute Gasteiger partial charge is 0.262 e. The van der Waals surface area contributed by atoms with Gasteiger partial charge in [0.15, 0.2) is 0 Å². The maximum Gasteiger partial charge on any atom is 0.262 e. The van der Waals surface area contributed by atoms with Gasteiger partial charge in [-0.2, -0.15) is 0 Å². The minimum atomic E-state index is -0.678. The van der Waals surface area contributed by atoms with Crippen LogP contribution in [0.15, 0.2) is 30.3 Å². The van der Waals surface area contributed by atoms with Gasteiger partial charge in [-0.3, -0.25) is 19.3 Å². The molecule has 29 heavy (non-hydrogen) atoms. The van der Waals surface area contributed by atoms with Crippen LogP contribution in [0.5, 0.6) is 0 Å². The summed E-state index contributed by atoms with van der Waals surface area (Å²) in [4.78, 5) is 40.4. The van der Waals surface area contributed by atoms with E-state index in [1.807, 2.05) is 4.90 Å². The lowest BCUT2D eigenvalue weighted by atomic mass is 10.1. The number of carbonyl (C=O) groups excluding carboxylic acids is 3. The highest BCUT2D eigenvalue weighted by molar-refractivity contribution is 6.43. The topological polar surface area (TPSA) is 69.7 Å². The van der Waals surface area contributed by atoms with E-state index in [-0.39, 0.29) is 26.9 Å². The molecule has 2 aliphatic rings. The fourth-order valence-electron chi connectivity index (χ4n) is 3.61. The van der Waals surface area contributed by atoms with Crippen molar-refractivity contribution in [3.8, 4) is 0 Å². The van der Waals surface area contributed by atoms with Gasteiger partial charge < -0.3 is 10.2 Å². The molecule has 2 heterocycles. The van der Waals surface area contributed by atoms with Gasteiger partial charge in [-0.05, 0) is 37.1 Å². The van der Waals surface area contributed by atoms with Gasteiger partial charge >= 0.3 is 0 Å². The molecule has 2 aliphatic heterocycles. The first kappa shape index (κ1) is 19.7. The van der Waals surface area contributed by atoms with Gasteiger partial charge in [0.05, 0.1) is 26.9 Å². The average Bonchev–Trinajstić information content (AvgIpc) is 3.29. The van der Waals surface area contributed by atoms with E-state index in [0.29, 0.717) is 5.69 Å². The molecule has 0 radical (unpaired) electrons. The van der Waals surface area contributed by atoms with Gasteiger partial charge in [-0.1, -0.05) is 29.3 Å². The molecule has 9 heteroatoms. The van der Waals surface area contributed by atoms with E-state index in [0.717, 1.165) is 30.8 Å². The Kier molecular flexibility index (Phi) is 5.19. The summed E-state index contributed by atoms with van der Waals surface area (Å²) in [6.45, 7) is 0.994. The van der Waals surface area contributed by atoms with Crippen LogP contribution in [0, 0.1) is 5.82 Å². The lowest BCUT2D eigenvalue weighted by Crippen LogP contribution is -2.37. The maximum atomic E-state index is 14.4. The molecule has 0 atom stereocenters. The summed E-state index contributed by atoms with van der Waals surface area (Å²) in [5.74, 6) is -2.55. The number of anilines is 2. The average molecular weight is 436 g/mol. The van der Waals surface area contributed by atoms with Crippen molar-refractivity contribution in [3.63, 3.8) is 0 Å². The molecule has 0 saturated carbocycles. The van der Waals surface area contributed by atoms with Crippen molar-refractivity contribution in [2.24, 2.45) is 0 Å². The van der Waals surface area contributed by atoms with Crippen LogP contribution in [0.4, 0.5) is 15.8 Å². The minimum absolute atomic E-state index is 0.0436. The fourth-order valence-corrected chi connectivity index (χ4v) is 3.94. The number of carbonyl (C=O) groups is 3. The lowest BCUT2D eigenvalue weighted by molar-refractivity contribution is -0.116. The summed E-state index contributed by atoms with van der Waals surface area (Å²) >= 11 is 11.8. The number of nitrogens with zero attached hydrogens (tertiary/aromatic N) is 2. The number of imide groups is 1. The molecule has 1 saturated heterocycles. The molecule has 1 N–H and O–H groups in total. The third-order valence-corrected chi connectivity index (χ3v) is 5.74. The Bertz CT molecular complexity index is 997. The van der Waals surface area contributed by atoms with Crippen molar-refractivity contribution in [1.82, 2.24) is 4.90 Å². The van der Waals surface area contributed by atoms with Crippen molar-refractivity contribution in [2.45, 2.75) is 12.8 Å². The molecule has 2 aromatic rings. The summed E-state index contributed by atoms with van der Waals surface area (Å²) in [5, 5.41) is 2.80. The van der Waals surface area contributed by atoms with Crippen LogP contribution in [-0.4, -0.2) is 42.3 Å². The third kappa shape index (κ3) is 3.56. The molecule has 3 amide bonds. The van der Waals surface area contributed by atoms with E-state index >= 15 is 0 Å². The Morgan fingerprint density at radius 2 is 1.62 bits per heavy atom. The molecule has 0 bridgehead atoms. The Morgan fingerprint density at radius 3 is 2.21 bits per heavy atom. The molecular formula is C20H16Cl2FN3O3. The number of benzene rings is 2. The Morgan fingerprint density at radius 1 is 1.03 bits per heavy atom. The lowest BCUT2D eigenvalue weighted by Gasteiger charge is -2.22. The summed E-state index contributed by atoms with van der Waals surface area (Å²) in [5.41, 5.74) is 0.792. The monoisotopic (exact) mass is 435 g/mol. The van der Waals surface area contributed by atoms with Crippen molar-refractivity contribution in [2.75, 3.05) is 29.9 Å². The number of amides is 3. The predicted molar refractivity (Wildman–Crippen MR) is 108 cm³/mol. The number of fused-ring (bicyclic) bond motifs is 1. The fraction of sp³-hybridized carbons (Fsp3) is 0.250. The van der Waals surface area contributed by atoms with Crippen molar-refractivity contribution < 1.29 is 18.8 Å². The minimum Gasteiger partial charge on any atom is -0.370 e. The molecule has 2 aromatic carbocycles. The predicted octanol–water partition coefficient (Wildman–Crippen LogP) is 3.97. The zero-order valence-electron chi connectivity index (χ0n) is 15.2. The summed E-state index contributed by atoms with van der Waals surface area (Å²) in [6.07, 6.45) is 1.98. The first-order chi connectivity index (χ1) is 13.9. The van der Waals surface area contributed by atoms with Gasteiger partial charge in [0.1, 0.15) is 18.0 Å². The Labute approximate surface area is 176 Å². The van der Waals surface area contributed by atoms with Crippen LogP contribution in [-0.2, 0) is 4.79 Å². The third-order valence-electron chi connectivity index (χ3n) is 5.02. The standard InChI is InChI=1S/C20H16Cl2FN3O3/c21-13-8-11-12(9-14(13)22)20(29)26(19(11)28)10-17(27)24-18-15(23)4-3-5-16(18)25-6-1-2-7-25/h3-5,8-9H,1-2,6-7,10H2,(H,24,27). The van der Waals surface area contributed by atoms with Crippen LogP contribution < -0.4 is 10.2 Å². The van der Waals surface area contributed by atoms with Gasteiger partial charge in [-0.15, -0.1) is 0 Å². The van der Waals surface area contributed by atoms with Crippen LogP contribution >= 0.6 is 23.2 Å². The maximum absolute atomic E-state index is 14.4. The second-order valence-corrected chi connectivity index (χ2v) is 7.70. The highest BCUT2D eigenvalue weighted by Gasteiger charge is 2.37. The molecule has 0 aliphatic carbocycles. The number of rotatable bonds is 4. The molecule has 4 rings (SSSR count). The molecule has 0 unspecified atom stereocenters. The number of hydrogen-bond donors (Lipinski definition) is 1. The SMILES string of the molecule is O=C(CN1C(=O)c2cc(Cl)c(Cl)cc2C1=O)Nc1c(F)cccc1N1CCCC1. The first-order valence-corrected chi connectivity index (χ1v) is 9.81.